The van der Waals surface area contributed by atoms with E-state index in [0.29, 0.717) is 24.4 Å². The van der Waals surface area contributed by atoms with E-state index in [2.05, 4.69) is 20.4 Å². The van der Waals surface area contributed by atoms with Gasteiger partial charge in [0.2, 0.25) is 0 Å². The molecule has 1 heteroatoms. The van der Waals surface area contributed by atoms with Crippen molar-refractivity contribution in [1.82, 2.24) is 0 Å². The lowest BCUT2D eigenvalue weighted by molar-refractivity contribution is 0.178. The zero-order valence-electron chi connectivity index (χ0n) is 7.51. The van der Waals surface area contributed by atoms with Gasteiger partial charge in [-0.15, -0.1) is 0 Å². The Hall–Kier alpha value is -0.300. The highest BCUT2D eigenvalue weighted by atomic mass is 16.3. The second-order valence-electron chi connectivity index (χ2n) is 3.85. The fourth-order valence-electron chi connectivity index (χ4n) is 2.19. The highest BCUT2D eigenvalue weighted by molar-refractivity contribution is 5.03. The second-order valence-corrected chi connectivity index (χ2v) is 3.85. The van der Waals surface area contributed by atoms with Crippen molar-refractivity contribution in [3.63, 3.8) is 0 Å². The first-order valence-corrected chi connectivity index (χ1v) is 4.43. The Labute approximate surface area is 69.1 Å². The molecule has 0 radical (unpaired) electrons. The molecular formula is C10H18O. The number of aliphatic hydroxyl groups is 1. The van der Waals surface area contributed by atoms with Crippen LogP contribution in [0, 0.1) is 17.8 Å². The lowest BCUT2D eigenvalue weighted by Crippen LogP contribution is -2.17. The summed E-state index contributed by atoms with van der Waals surface area (Å²) in [6, 6.07) is 0. The fraction of sp³-hybridized carbons (Fsp3) is 0.800. The molecule has 1 rings (SSSR count). The summed E-state index contributed by atoms with van der Waals surface area (Å²) >= 11 is 0. The minimum Gasteiger partial charge on any atom is -0.396 e. The van der Waals surface area contributed by atoms with Gasteiger partial charge in [-0.3, -0.25) is 0 Å². The molecule has 0 saturated heterocycles. The summed E-state index contributed by atoms with van der Waals surface area (Å²) in [4.78, 5) is 0. The molecule has 0 aromatic rings. The van der Waals surface area contributed by atoms with Crippen LogP contribution in [0.1, 0.15) is 26.7 Å². The third-order valence-corrected chi connectivity index (χ3v) is 3.02. The van der Waals surface area contributed by atoms with Crippen LogP contribution in [0.2, 0.25) is 0 Å². The van der Waals surface area contributed by atoms with E-state index >= 15 is 0 Å². The summed E-state index contributed by atoms with van der Waals surface area (Å²) in [7, 11) is 0. The van der Waals surface area contributed by atoms with Crippen LogP contribution in [0.25, 0.3) is 0 Å². The first kappa shape index (κ1) is 8.79. The quantitative estimate of drug-likeness (QED) is 0.605. The number of aliphatic hydroxyl groups excluding tert-OH is 1. The van der Waals surface area contributed by atoms with Gasteiger partial charge in [0.05, 0.1) is 0 Å². The normalized spacial score (nSPS) is 37.5. The van der Waals surface area contributed by atoms with Gasteiger partial charge in [-0.2, -0.15) is 0 Å². The third-order valence-electron chi connectivity index (χ3n) is 3.02. The topological polar surface area (TPSA) is 20.2 Å². The molecule has 0 bridgehead atoms. The molecule has 0 aromatic carbocycles. The monoisotopic (exact) mass is 154 g/mol. The van der Waals surface area contributed by atoms with Gasteiger partial charge in [0, 0.05) is 6.61 Å². The average molecular weight is 154 g/mol. The Balaban J connectivity index is 2.61. The van der Waals surface area contributed by atoms with Gasteiger partial charge in [-0.05, 0) is 37.5 Å². The van der Waals surface area contributed by atoms with E-state index in [1.54, 1.807) is 0 Å². The molecule has 64 valence electrons. The van der Waals surface area contributed by atoms with Crippen molar-refractivity contribution in [1.29, 1.82) is 0 Å². The highest BCUT2D eigenvalue weighted by Gasteiger charge is 2.32. The fourth-order valence-corrected chi connectivity index (χ4v) is 2.19. The molecule has 1 nitrogen and oxygen atoms in total. The van der Waals surface area contributed by atoms with Crippen molar-refractivity contribution >= 4 is 0 Å². The average Bonchev–Trinajstić information content (AvgIpc) is 2.30. The number of hydrogen-bond acceptors (Lipinski definition) is 1. The molecule has 0 aliphatic heterocycles. The van der Waals surface area contributed by atoms with Crippen LogP contribution in [0.3, 0.4) is 0 Å². The van der Waals surface area contributed by atoms with E-state index in [1.165, 1.54) is 18.4 Å². The summed E-state index contributed by atoms with van der Waals surface area (Å²) in [5, 5.41) is 9.11. The number of rotatable bonds is 2. The zero-order chi connectivity index (χ0) is 8.43. The van der Waals surface area contributed by atoms with Gasteiger partial charge in [0.15, 0.2) is 0 Å². The van der Waals surface area contributed by atoms with E-state index in [0.717, 1.165) is 0 Å². The maximum Gasteiger partial charge on any atom is 0.0467 e. The van der Waals surface area contributed by atoms with Gasteiger partial charge >= 0.3 is 0 Å². The molecule has 3 atom stereocenters. The summed E-state index contributed by atoms with van der Waals surface area (Å²) in [6.45, 7) is 8.59. The molecule has 0 amide bonds. The summed E-state index contributed by atoms with van der Waals surface area (Å²) in [6.07, 6.45) is 2.48. The Morgan fingerprint density at radius 1 is 1.55 bits per heavy atom. The highest BCUT2D eigenvalue weighted by Crippen LogP contribution is 2.39. The molecule has 0 aromatic heterocycles. The molecule has 1 fully saturated rings. The van der Waals surface area contributed by atoms with Crippen molar-refractivity contribution in [2.75, 3.05) is 6.61 Å². The van der Waals surface area contributed by atoms with E-state index in [1.807, 2.05) is 0 Å². The SMILES string of the molecule is C=C(C)[C@@H]1CC[C@H](C)[C@@H]1CO. The van der Waals surface area contributed by atoms with E-state index in [4.69, 9.17) is 5.11 Å². The lowest BCUT2D eigenvalue weighted by atomic mass is 9.87. The van der Waals surface area contributed by atoms with E-state index in [9.17, 15) is 0 Å². The summed E-state index contributed by atoms with van der Waals surface area (Å²) in [5.41, 5.74) is 1.24. The Morgan fingerprint density at radius 2 is 2.18 bits per heavy atom. The van der Waals surface area contributed by atoms with Gasteiger partial charge in [0.1, 0.15) is 0 Å². The molecule has 1 aliphatic rings. The van der Waals surface area contributed by atoms with Gasteiger partial charge in [-0.1, -0.05) is 19.1 Å². The minimum absolute atomic E-state index is 0.332. The van der Waals surface area contributed by atoms with Crippen LogP contribution in [0.5, 0.6) is 0 Å². The van der Waals surface area contributed by atoms with Crippen molar-refractivity contribution in [3.8, 4) is 0 Å². The van der Waals surface area contributed by atoms with E-state index in [-0.39, 0.29) is 0 Å². The number of hydrogen-bond donors (Lipinski definition) is 1. The Bertz CT molecular complexity index is 151. The predicted octanol–water partition coefficient (Wildman–Crippen LogP) is 2.22. The Morgan fingerprint density at radius 3 is 2.55 bits per heavy atom. The van der Waals surface area contributed by atoms with Crippen LogP contribution in [0.15, 0.2) is 12.2 Å². The smallest absolute Gasteiger partial charge is 0.0467 e. The van der Waals surface area contributed by atoms with Gasteiger partial charge in [-0.25, -0.2) is 0 Å². The molecule has 0 heterocycles. The largest absolute Gasteiger partial charge is 0.396 e. The molecular weight excluding hydrogens is 136 g/mol. The van der Waals surface area contributed by atoms with Crippen molar-refractivity contribution in [3.05, 3.63) is 12.2 Å². The summed E-state index contributed by atoms with van der Waals surface area (Å²) in [5.74, 6) is 1.74. The van der Waals surface area contributed by atoms with Crippen LogP contribution in [-0.4, -0.2) is 11.7 Å². The van der Waals surface area contributed by atoms with Crippen LogP contribution in [0.4, 0.5) is 0 Å². The first-order valence-electron chi connectivity index (χ1n) is 4.43. The van der Waals surface area contributed by atoms with Crippen molar-refractivity contribution in [2.45, 2.75) is 26.7 Å². The van der Waals surface area contributed by atoms with E-state index < -0.39 is 0 Å². The molecule has 1 aliphatic carbocycles. The molecule has 0 unspecified atom stereocenters. The second kappa shape index (κ2) is 3.40. The molecule has 0 spiro atoms. The third kappa shape index (κ3) is 1.64. The van der Waals surface area contributed by atoms with Crippen molar-refractivity contribution in [2.24, 2.45) is 17.8 Å². The number of allylic oxidation sites excluding steroid dienone is 1. The molecule has 1 saturated carbocycles. The zero-order valence-corrected chi connectivity index (χ0v) is 7.51. The van der Waals surface area contributed by atoms with Gasteiger partial charge < -0.3 is 5.11 Å². The standard InChI is InChI=1S/C10H18O/c1-7(2)9-5-4-8(3)10(9)6-11/h8-11H,1,4-6H2,2-3H3/t8-,9-,10-/m0/s1. The molecule has 11 heavy (non-hydrogen) atoms. The van der Waals surface area contributed by atoms with Gasteiger partial charge in [0.25, 0.3) is 0 Å². The molecule has 1 N–H and O–H groups in total. The van der Waals surface area contributed by atoms with Crippen LogP contribution < -0.4 is 0 Å². The predicted molar refractivity (Wildman–Crippen MR) is 47.3 cm³/mol. The minimum atomic E-state index is 0.332. The lowest BCUT2D eigenvalue weighted by Gasteiger charge is -2.20. The first-order chi connectivity index (χ1) is 5.16. The van der Waals surface area contributed by atoms with Crippen molar-refractivity contribution < 1.29 is 5.11 Å². The van der Waals surface area contributed by atoms with Crippen LogP contribution in [-0.2, 0) is 0 Å². The maximum absolute atomic E-state index is 9.11. The summed E-state index contributed by atoms with van der Waals surface area (Å²) < 4.78 is 0. The van der Waals surface area contributed by atoms with Crippen LogP contribution >= 0.6 is 0 Å². The Kier molecular flexibility index (Phi) is 2.72. The maximum atomic E-state index is 9.11.